The smallest absolute Gasteiger partial charge is 0.308 e. The van der Waals surface area contributed by atoms with Crippen LogP contribution in [0.1, 0.15) is 12.7 Å². The van der Waals surface area contributed by atoms with Gasteiger partial charge < -0.3 is 9.67 Å². The highest BCUT2D eigenvalue weighted by atomic mass is 16.4. The standard InChI is InChI=1S/C10H16N4O2/c1-7-3-14(4-8(7)10(15)16)5-9-12-11-6-13(9)2/h6-8H,3-5H2,1-2H3,(H,15,16). The van der Waals surface area contributed by atoms with Crippen LogP contribution in [0.25, 0.3) is 0 Å². The molecule has 1 aromatic heterocycles. The molecule has 2 heterocycles. The van der Waals surface area contributed by atoms with Crippen molar-refractivity contribution in [3.63, 3.8) is 0 Å². The molecule has 1 saturated heterocycles. The molecular formula is C10H16N4O2. The second-order valence-corrected chi connectivity index (χ2v) is 4.47. The molecule has 16 heavy (non-hydrogen) atoms. The Labute approximate surface area is 93.9 Å². The molecule has 0 aromatic carbocycles. The second kappa shape index (κ2) is 4.21. The molecule has 1 aromatic rings. The summed E-state index contributed by atoms with van der Waals surface area (Å²) in [5, 5.41) is 16.8. The second-order valence-electron chi connectivity index (χ2n) is 4.47. The number of carbonyl (C=O) groups is 1. The predicted molar refractivity (Wildman–Crippen MR) is 56.6 cm³/mol. The molecule has 0 amide bonds. The highest BCUT2D eigenvalue weighted by Crippen LogP contribution is 2.24. The topological polar surface area (TPSA) is 71.2 Å². The number of hydrogen-bond donors (Lipinski definition) is 1. The monoisotopic (exact) mass is 224 g/mol. The van der Waals surface area contributed by atoms with Crippen molar-refractivity contribution in [2.24, 2.45) is 18.9 Å². The maximum atomic E-state index is 11.0. The highest BCUT2D eigenvalue weighted by molar-refractivity contribution is 5.71. The van der Waals surface area contributed by atoms with Gasteiger partial charge in [-0.25, -0.2) is 0 Å². The lowest BCUT2D eigenvalue weighted by Gasteiger charge is -2.13. The maximum Gasteiger partial charge on any atom is 0.308 e. The van der Waals surface area contributed by atoms with Gasteiger partial charge in [0.05, 0.1) is 12.5 Å². The van der Waals surface area contributed by atoms with E-state index in [2.05, 4.69) is 15.1 Å². The van der Waals surface area contributed by atoms with Crippen molar-refractivity contribution < 1.29 is 9.90 Å². The lowest BCUT2D eigenvalue weighted by molar-refractivity contribution is -0.142. The fourth-order valence-corrected chi connectivity index (χ4v) is 2.17. The zero-order valence-corrected chi connectivity index (χ0v) is 9.50. The average Bonchev–Trinajstić information content (AvgIpc) is 2.75. The molecule has 1 aliphatic heterocycles. The number of aromatic nitrogens is 3. The Kier molecular flexibility index (Phi) is 2.91. The minimum atomic E-state index is -0.701. The van der Waals surface area contributed by atoms with Crippen molar-refractivity contribution in [1.82, 2.24) is 19.7 Å². The van der Waals surface area contributed by atoms with Crippen molar-refractivity contribution in [3.8, 4) is 0 Å². The van der Waals surface area contributed by atoms with E-state index in [0.29, 0.717) is 13.1 Å². The van der Waals surface area contributed by atoms with E-state index in [1.54, 1.807) is 6.33 Å². The fraction of sp³-hybridized carbons (Fsp3) is 0.700. The Morgan fingerprint density at radius 3 is 2.88 bits per heavy atom. The molecule has 2 atom stereocenters. The Bertz CT molecular complexity index is 390. The van der Waals surface area contributed by atoms with Gasteiger partial charge in [-0.3, -0.25) is 9.69 Å². The molecule has 6 nitrogen and oxygen atoms in total. The summed E-state index contributed by atoms with van der Waals surface area (Å²) >= 11 is 0. The first-order valence-electron chi connectivity index (χ1n) is 5.36. The number of nitrogens with zero attached hydrogens (tertiary/aromatic N) is 4. The molecule has 1 N–H and O–H groups in total. The molecule has 1 aliphatic rings. The third-order valence-corrected chi connectivity index (χ3v) is 3.18. The average molecular weight is 224 g/mol. The van der Waals surface area contributed by atoms with Gasteiger partial charge in [-0.1, -0.05) is 6.92 Å². The molecule has 88 valence electrons. The maximum absolute atomic E-state index is 11.0. The van der Waals surface area contributed by atoms with Gasteiger partial charge in [0.25, 0.3) is 0 Å². The number of rotatable bonds is 3. The lowest BCUT2D eigenvalue weighted by atomic mass is 9.99. The largest absolute Gasteiger partial charge is 0.481 e. The van der Waals surface area contributed by atoms with Crippen LogP contribution in [0.3, 0.4) is 0 Å². The third kappa shape index (κ3) is 2.06. The summed E-state index contributed by atoms with van der Waals surface area (Å²) in [6.45, 7) is 4.06. The summed E-state index contributed by atoms with van der Waals surface area (Å²) in [6, 6.07) is 0. The van der Waals surface area contributed by atoms with E-state index in [1.165, 1.54) is 0 Å². The number of carboxylic acids is 1. The summed E-state index contributed by atoms with van der Waals surface area (Å²) in [4.78, 5) is 13.1. The fourth-order valence-electron chi connectivity index (χ4n) is 2.17. The van der Waals surface area contributed by atoms with Crippen LogP contribution in [0, 0.1) is 11.8 Å². The minimum Gasteiger partial charge on any atom is -0.481 e. The number of hydrogen-bond acceptors (Lipinski definition) is 4. The van der Waals surface area contributed by atoms with Crippen molar-refractivity contribution in [3.05, 3.63) is 12.2 Å². The normalized spacial score (nSPS) is 26.1. The molecular weight excluding hydrogens is 208 g/mol. The van der Waals surface area contributed by atoms with E-state index in [1.807, 2.05) is 18.5 Å². The summed E-state index contributed by atoms with van der Waals surface area (Å²) in [7, 11) is 1.89. The van der Waals surface area contributed by atoms with Gasteiger partial charge in [-0.15, -0.1) is 10.2 Å². The molecule has 1 fully saturated rings. The van der Waals surface area contributed by atoms with Crippen LogP contribution in [0.4, 0.5) is 0 Å². The van der Waals surface area contributed by atoms with Crippen molar-refractivity contribution in [2.45, 2.75) is 13.5 Å². The molecule has 0 radical (unpaired) electrons. The molecule has 0 saturated carbocycles. The van der Waals surface area contributed by atoms with E-state index < -0.39 is 5.97 Å². The van der Waals surface area contributed by atoms with Gasteiger partial charge in [0.15, 0.2) is 0 Å². The summed E-state index contributed by atoms with van der Waals surface area (Å²) in [5.74, 6) is 0.116. The summed E-state index contributed by atoms with van der Waals surface area (Å²) < 4.78 is 1.86. The lowest BCUT2D eigenvalue weighted by Crippen LogP contribution is -2.24. The first-order chi connectivity index (χ1) is 7.58. The van der Waals surface area contributed by atoms with E-state index in [4.69, 9.17) is 5.11 Å². The third-order valence-electron chi connectivity index (χ3n) is 3.18. The molecule has 2 unspecified atom stereocenters. The summed E-state index contributed by atoms with van der Waals surface area (Å²) in [5.41, 5.74) is 0. The van der Waals surface area contributed by atoms with Crippen molar-refractivity contribution in [2.75, 3.05) is 13.1 Å². The van der Waals surface area contributed by atoms with Crippen LogP contribution in [-0.2, 0) is 18.4 Å². The van der Waals surface area contributed by atoms with Gasteiger partial charge in [-0.2, -0.15) is 0 Å². The van der Waals surface area contributed by atoms with E-state index in [-0.39, 0.29) is 11.8 Å². The summed E-state index contributed by atoms with van der Waals surface area (Å²) in [6.07, 6.45) is 1.66. The first kappa shape index (κ1) is 11.1. The SMILES string of the molecule is CC1CN(Cc2nncn2C)CC1C(=O)O. The van der Waals surface area contributed by atoms with Gasteiger partial charge in [0.2, 0.25) is 0 Å². The van der Waals surface area contributed by atoms with Crippen LogP contribution in [0.2, 0.25) is 0 Å². The minimum absolute atomic E-state index is 0.200. The number of likely N-dealkylation sites (tertiary alicyclic amines) is 1. The Hall–Kier alpha value is -1.43. The van der Waals surface area contributed by atoms with Gasteiger partial charge >= 0.3 is 5.97 Å². The molecule has 6 heteroatoms. The Balaban J connectivity index is 1.99. The van der Waals surface area contributed by atoms with Crippen molar-refractivity contribution >= 4 is 5.97 Å². The zero-order chi connectivity index (χ0) is 11.7. The van der Waals surface area contributed by atoms with Crippen LogP contribution >= 0.6 is 0 Å². The molecule has 0 aliphatic carbocycles. The number of aryl methyl sites for hydroxylation is 1. The van der Waals surface area contributed by atoms with Crippen molar-refractivity contribution in [1.29, 1.82) is 0 Å². The zero-order valence-electron chi connectivity index (χ0n) is 9.50. The van der Waals surface area contributed by atoms with E-state index in [0.717, 1.165) is 12.4 Å². The van der Waals surface area contributed by atoms with E-state index >= 15 is 0 Å². The highest BCUT2D eigenvalue weighted by Gasteiger charge is 2.34. The van der Waals surface area contributed by atoms with Crippen LogP contribution in [-0.4, -0.2) is 43.8 Å². The van der Waals surface area contributed by atoms with Gasteiger partial charge in [0, 0.05) is 20.1 Å². The molecule has 2 rings (SSSR count). The van der Waals surface area contributed by atoms with Crippen LogP contribution in [0.5, 0.6) is 0 Å². The first-order valence-corrected chi connectivity index (χ1v) is 5.36. The van der Waals surface area contributed by atoms with Crippen LogP contribution < -0.4 is 0 Å². The predicted octanol–water partition coefficient (Wildman–Crippen LogP) is -0.0324. The number of carboxylic acid groups (broad SMARTS) is 1. The Morgan fingerprint density at radius 1 is 1.62 bits per heavy atom. The number of aliphatic carboxylic acids is 1. The molecule has 0 bridgehead atoms. The molecule has 0 spiro atoms. The quantitative estimate of drug-likeness (QED) is 0.780. The van der Waals surface area contributed by atoms with Gasteiger partial charge in [-0.05, 0) is 5.92 Å². The Morgan fingerprint density at radius 2 is 2.38 bits per heavy atom. The van der Waals surface area contributed by atoms with E-state index in [9.17, 15) is 4.79 Å². The van der Waals surface area contributed by atoms with Crippen LogP contribution in [0.15, 0.2) is 6.33 Å². The van der Waals surface area contributed by atoms with Gasteiger partial charge in [0.1, 0.15) is 12.2 Å².